The highest BCUT2D eigenvalue weighted by molar-refractivity contribution is 6.02. The summed E-state index contributed by atoms with van der Waals surface area (Å²) in [6.45, 7) is 0.0204. The maximum absolute atomic E-state index is 13.3. The van der Waals surface area contributed by atoms with Gasteiger partial charge in [0, 0.05) is 18.2 Å². The summed E-state index contributed by atoms with van der Waals surface area (Å²) < 4.78 is 26.3. The van der Waals surface area contributed by atoms with Crippen LogP contribution in [0.1, 0.15) is 11.6 Å². The predicted molar refractivity (Wildman–Crippen MR) is 52.8 cm³/mol. The Balaban J connectivity index is 2.36. The average Bonchev–Trinajstić information content (AvgIpc) is 2.53. The van der Waals surface area contributed by atoms with Crippen LogP contribution in [0.25, 0.3) is 0 Å². The number of aliphatic hydroxyl groups excluding tert-OH is 1. The van der Waals surface area contributed by atoms with Gasteiger partial charge in [0.15, 0.2) is 0 Å². The first kappa shape index (κ1) is 11.0. The second-order valence-corrected chi connectivity index (χ2v) is 3.45. The van der Waals surface area contributed by atoms with Gasteiger partial charge in [0.05, 0.1) is 12.3 Å². The monoisotopic (exact) mass is 228 g/mol. The van der Waals surface area contributed by atoms with E-state index in [0.717, 1.165) is 6.07 Å². The Morgan fingerprint density at radius 3 is 2.88 bits per heavy atom. The fourth-order valence-electron chi connectivity index (χ4n) is 1.70. The summed E-state index contributed by atoms with van der Waals surface area (Å²) in [6.07, 6.45) is 0. The standard InChI is InChI=1S/C10H10F2N2O2/c11-5-3-6-8(7(12)4-5)14-10(16)9(6)13-1-2-15/h3-4,9,13,15H,1-2H2,(H,14,16). The van der Waals surface area contributed by atoms with E-state index < -0.39 is 23.6 Å². The van der Waals surface area contributed by atoms with Crippen molar-refractivity contribution in [1.82, 2.24) is 5.32 Å². The molecule has 0 spiro atoms. The van der Waals surface area contributed by atoms with Gasteiger partial charge in [-0.2, -0.15) is 0 Å². The van der Waals surface area contributed by atoms with Gasteiger partial charge in [0.25, 0.3) is 0 Å². The lowest BCUT2D eigenvalue weighted by atomic mass is 10.1. The molecule has 4 nitrogen and oxygen atoms in total. The Morgan fingerprint density at radius 1 is 1.44 bits per heavy atom. The van der Waals surface area contributed by atoms with Crippen molar-refractivity contribution in [1.29, 1.82) is 0 Å². The molecule has 0 saturated heterocycles. The molecule has 16 heavy (non-hydrogen) atoms. The maximum atomic E-state index is 13.3. The molecule has 3 N–H and O–H groups in total. The number of hydrogen-bond acceptors (Lipinski definition) is 3. The molecule has 1 aliphatic heterocycles. The highest BCUT2D eigenvalue weighted by atomic mass is 19.1. The molecule has 0 aliphatic carbocycles. The number of anilines is 1. The molecule has 6 heteroatoms. The van der Waals surface area contributed by atoms with Crippen LogP contribution < -0.4 is 10.6 Å². The van der Waals surface area contributed by atoms with E-state index in [1.807, 2.05) is 0 Å². The lowest BCUT2D eigenvalue weighted by Gasteiger charge is -2.09. The Morgan fingerprint density at radius 2 is 2.19 bits per heavy atom. The van der Waals surface area contributed by atoms with Crippen molar-refractivity contribution >= 4 is 11.6 Å². The molecule has 1 aromatic rings. The quantitative estimate of drug-likeness (QED) is 0.707. The molecule has 1 aromatic carbocycles. The van der Waals surface area contributed by atoms with Gasteiger partial charge in [-0.25, -0.2) is 8.78 Å². The number of nitrogens with one attached hydrogen (secondary N) is 2. The minimum atomic E-state index is -0.813. The van der Waals surface area contributed by atoms with Crippen molar-refractivity contribution in [3.63, 3.8) is 0 Å². The van der Waals surface area contributed by atoms with E-state index in [1.54, 1.807) is 0 Å². The number of halogens is 2. The van der Waals surface area contributed by atoms with Crippen LogP contribution in [0.3, 0.4) is 0 Å². The van der Waals surface area contributed by atoms with Gasteiger partial charge < -0.3 is 10.4 Å². The van der Waals surface area contributed by atoms with E-state index in [-0.39, 0.29) is 24.4 Å². The van der Waals surface area contributed by atoms with Crippen molar-refractivity contribution in [2.75, 3.05) is 18.5 Å². The van der Waals surface area contributed by atoms with Crippen LogP contribution in [0.5, 0.6) is 0 Å². The Kier molecular flexibility index (Phi) is 2.84. The Hall–Kier alpha value is -1.53. The van der Waals surface area contributed by atoms with E-state index in [1.165, 1.54) is 0 Å². The van der Waals surface area contributed by atoms with Crippen molar-refractivity contribution in [3.05, 3.63) is 29.3 Å². The molecular formula is C10H10F2N2O2. The van der Waals surface area contributed by atoms with Gasteiger partial charge in [-0.15, -0.1) is 0 Å². The molecular weight excluding hydrogens is 218 g/mol. The van der Waals surface area contributed by atoms with E-state index >= 15 is 0 Å². The molecule has 0 fully saturated rings. The van der Waals surface area contributed by atoms with Crippen molar-refractivity contribution in [3.8, 4) is 0 Å². The fraction of sp³-hybridized carbons (Fsp3) is 0.300. The lowest BCUT2D eigenvalue weighted by Crippen LogP contribution is -2.29. The number of hydrogen-bond donors (Lipinski definition) is 3. The van der Waals surface area contributed by atoms with Crippen LogP contribution in [0.4, 0.5) is 14.5 Å². The third-order valence-corrected chi connectivity index (χ3v) is 2.37. The normalized spacial score (nSPS) is 18.4. The van der Waals surface area contributed by atoms with Crippen molar-refractivity contribution < 1.29 is 18.7 Å². The van der Waals surface area contributed by atoms with Crippen LogP contribution in [0.15, 0.2) is 12.1 Å². The molecule has 0 bridgehead atoms. The maximum Gasteiger partial charge on any atom is 0.246 e. The van der Waals surface area contributed by atoms with Gasteiger partial charge >= 0.3 is 0 Å². The third-order valence-electron chi connectivity index (χ3n) is 2.37. The Labute approximate surface area is 90.3 Å². The first-order valence-corrected chi connectivity index (χ1v) is 4.77. The molecule has 0 saturated carbocycles. The van der Waals surface area contributed by atoms with Gasteiger partial charge in [-0.05, 0) is 6.07 Å². The molecule has 1 unspecified atom stereocenters. The fourth-order valence-corrected chi connectivity index (χ4v) is 1.70. The van der Waals surface area contributed by atoms with Crippen LogP contribution in [0.2, 0.25) is 0 Å². The van der Waals surface area contributed by atoms with Crippen molar-refractivity contribution in [2.24, 2.45) is 0 Å². The van der Waals surface area contributed by atoms with Crippen LogP contribution in [0, 0.1) is 11.6 Å². The smallest absolute Gasteiger partial charge is 0.246 e. The minimum Gasteiger partial charge on any atom is -0.395 e. The average molecular weight is 228 g/mol. The topological polar surface area (TPSA) is 61.4 Å². The molecule has 0 aromatic heterocycles. The number of benzene rings is 1. The van der Waals surface area contributed by atoms with E-state index in [9.17, 15) is 13.6 Å². The lowest BCUT2D eigenvalue weighted by molar-refractivity contribution is -0.117. The summed E-state index contributed by atoms with van der Waals surface area (Å²) in [5.41, 5.74) is 0.234. The SMILES string of the molecule is O=C1Nc2c(F)cc(F)cc2C1NCCO. The zero-order chi connectivity index (χ0) is 11.7. The van der Waals surface area contributed by atoms with Crippen LogP contribution in [-0.4, -0.2) is 24.2 Å². The number of carbonyl (C=O) groups excluding carboxylic acids is 1. The summed E-state index contributed by atoms with van der Waals surface area (Å²) >= 11 is 0. The summed E-state index contributed by atoms with van der Waals surface area (Å²) in [5.74, 6) is -1.98. The molecule has 1 heterocycles. The Bertz CT molecular complexity index is 437. The van der Waals surface area contributed by atoms with Gasteiger partial charge in [0.1, 0.15) is 17.7 Å². The third kappa shape index (κ3) is 1.77. The summed E-state index contributed by atoms with van der Waals surface area (Å²) in [5, 5.41) is 13.7. The zero-order valence-electron chi connectivity index (χ0n) is 8.26. The van der Waals surface area contributed by atoms with Gasteiger partial charge in [-0.1, -0.05) is 0 Å². The molecule has 0 radical (unpaired) electrons. The van der Waals surface area contributed by atoms with Gasteiger partial charge in [0.2, 0.25) is 5.91 Å². The van der Waals surface area contributed by atoms with Crippen molar-refractivity contribution in [2.45, 2.75) is 6.04 Å². The highest BCUT2D eigenvalue weighted by Crippen LogP contribution is 2.33. The summed E-state index contributed by atoms with van der Waals surface area (Å²) in [7, 11) is 0. The van der Waals surface area contributed by atoms with E-state index in [2.05, 4.69) is 10.6 Å². The van der Waals surface area contributed by atoms with E-state index in [4.69, 9.17) is 5.11 Å². The van der Waals surface area contributed by atoms with Gasteiger partial charge in [-0.3, -0.25) is 10.1 Å². The first-order chi connectivity index (χ1) is 7.63. The largest absolute Gasteiger partial charge is 0.395 e. The molecule has 86 valence electrons. The number of amides is 1. The number of fused-ring (bicyclic) bond motifs is 1. The second-order valence-electron chi connectivity index (χ2n) is 3.45. The van der Waals surface area contributed by atoms with E-state index in [0.29, 0.717) is 6.07 Å². The molecule has 2 rings (SSSR count). The zero-order valence-corrected chi connectivity index (χ0v) is 8.26. The minimum absolute atomic E-state index is 0.00170. The highest BCUT2D eigenvalue weighted by Gasteiger charge is 2.32. The number of aliphatic hydroxyl groups is 1. The molecule has 1 amide bonds. The first-order valence-electron chi connectivity index (χ1n) is 4.77. The number of rotatable bonds is 3. The summed E-state index contributed by atoms with van der Waals surface area (Å²) in [6, 6.07) is 1.01. The van der Waals surface area contributed by atoms with Crippen LogP contribution in [-0.2, 0) is 4.79 Å². The molecule has 1 aliphatic rings. The van der Waals surface area contributed by atoms with Crippen LogP contribution >= 0.6 is 0 Å². The summed E-state index contributed by atoms with van der Waals surface area (Å²) in [4.78, 5) is 11.5. The number of carbonyl (C=O) groups is 1. The molecule has 1 atom stereocenters. The second kappa shape index (κ2) is 4.15. The predicted octanol–water partition coefficient (Wildman–Crippen LogP) is 0.540.